The Kier molecular flexibility index (Phi) is 3.81. The van der Waals surface area contributed by atoms with E-state index in [9.17, 15) is 0 Å². The van der Waals surface area contributed by atoms with Crippen molar-refractivity contribution < 1.29 is 0 Å². The van der Waals surface area contributed by atoms with E-state index in [1.807, 2.05) is 0 Å². The normalized spacial score (nSPS) is 38.1. The highest BCUT2D eigenvalue weighted by Gasteiger charge is 2.28. The SMILES string of the molecule is CNC1CCN(C2CC=CCC2)CC1C. The minimum absolute atomic E-state index is 0.736. The van der Waals surface area contributed by atoms with E-state index in [1.165, 1.54) is 38.8 Å². The number of nitrogens with one attached hydrogen (secondary N) is 1. The summed E-state index contributed by atoms with van der Waals surface area (Å²) in [6.07, 6.45) is 9.94. The van der Waals surface area contributed by atoms with Crippen molar-refractivity contribution in [3.63, 3.8) is 0 Å². The Morgan fingerprint density at radius 3 is 2.73 bits per heavy atom. The van der Waals surface area contributed by atoms with Gasteiger partial charge in [-0.25, -0.2) is 0 Å². The molecule has 2 rings (SSSR count). The van der Waals surface area contributed by atoms with Crippen molar-refractivity contribution in [2.75, 3.05) is 20.1 Å². The smallest absolute Gasteiger partial charge is 0.0133 e. The molecule has 3 unspecified atom stereocenters. The molecule has 86 valence electrons. The third-order valence-corrected chi connectivity index (χ3v) is 4.07. The maximum Gasteiger partial charge on any atom is 0.0133 e. The van der Waals surface area contributed by atoms with Crippen molar-refractivity contribution >= 4 is 0 Å². The number of piperidine rings is 1. The van der Waals surface area contributed by atoms with Gasteiger partial charge in [0.1, 0.15) is 0 Å². The minimum atomic E-state index is 0.736. The fourth-order valence-electron chi connectivity index (χ4n) is 3.05. The summed E-state index contributed by atoms with van der Waals surface area (Å²) < 4.78 is 0. The summed E-state index contributed by atoms with van der Waals surface area (Å²) >= 11 is 0. The highest BCUT2D eigenvalue weighted by Crippen LogP contribution is 2.24. The van der Waals surface area contributed by atoms with E-state index in [4.69, 9.17) is 0 Å². The summed E-state index contributed by atoms with van der Waals surface area (Å²) in [5.74, 6) is 0.801. The lowest BCUT2D eigenvalue weighted by Crippen LogP contribution is -2.50. The molecule has 1 aliphatic heterocycles. The molecule has 1 fully saturated rings. The second-order valence-corrected chi connectivity index (χ2v) is 5.09. The number of rotatable bonds is 2. The zero-order valence-electron chi connectivity index (χ0n) is 10.1. The van der Waals surface area contributed by atoms with E-state index in [2.05, 4.69) is 36.3 Å². The molecule has 0 spiro atoms. The molecule has 1 heterocycles. The first-order valence-electron chi connectivity index (χ1n) is 6.37. The van der Waals surface area contributed by atoms with E-state index in [-0.39, 0.29) is 0 Å². The summed E-state index contributed by atoms with van der Waals surface area (Å²) in [4.78, 5) is 2.71. The summed E-state index contributed by atoms with van der Waals surface area (Å²) in [6.45, 7) is 4.95. The fourth-order valence-corrected chi connectivity index (χ4v) is 3.05. The Morgan fingerprint density at radius 2 is 2.13 bits per heavy atom. The average molecular weight is 208 g/mol. The van der Waals surface area contributed by atoms with E-state index >= 15 is 0 Å². The molecule has 0 radical (unpaired) electrons. The van der Waals surface area contributed by atoms with E-state index in [0.29, 0.717) is 0 Å². The average Bonchev–Trinajstić information content (AvgIpc) is 2.30. The van der Waals surface area contributed by atoms with Crippen molar-refractivity contribution in [1.29, 1.82) is 0 Å². The van der Waals surface area contributed by atoms with E-state index in [0.717, 1.165) is 18.0 Å². The van der Waals surface area contributed by atoms with Gasteiger partial charge in [0, 0.05) is 18.6 Å². The lowest BCUT2D eigenvalue weighted by molar-refractivity contribution is 0.101. The maximum atomic E-state index is 3.44. The molecule has 0 bridgehead atoms. The molecule has 15 heavy (non-hydrogen) atoms. The Bertz CT molecular complexity index is 225. The third kappa shape index (κ3) is 2.61. The molecule has 0 aromatic carbocycles. The van der Waals surface area contributed by atoms with Crippen LogP contribution in [-0.4, -0.2) is 37.1 Å². The summed E-state index contributed by atoms with van der Waals surface area (Å²) in [5.41, 5.74) is 0. The summed E-state index contributed by atoms with van der Waals surface area (Å²) in [7, 11) is 2.10. The van der Waals surface area contributed by atoms with Gasteiger partial charge in [0.15, 0.2) is 0 Å². The van der Waals surface area contributed by atoms with Crippen LogP contribution in [-0.2, 0) is 0 Å². The second kappa shape index (κ2) is 5.13. The van der Waals surface area contributed by atoms with Crippen LogP contribution < -0.4 is 5.32 Å². The highest BCUT2D eigenvalue weighted by atomic mass is 15.2. The van der Waals surface area contributed by atoms with Gasteiger partial charge in [-0.3, -0.25) is 4.90 Å². The van der Waals surface area contributed by atoms with E-state index in [1.54, 1.807) is 0 Å². The largest absolute Gasteiger partial charge is 0.317 e. The molecule has 2 aliphatic rings. The van der Waals surface area contributed by atoms with Crippen LogP contribution in [0.2, 0.25) is 0 Å². The van der Waals surface area contributed by atoms with Crippen LogP contribution in [0.5, 0.6) is 0 Å². The molecule has 0 amide bonds. The molecule has 2 nitrogen and oxygen atoms in total. The number of allylic oxidation sites excluding steroid dienone is 1. The van der Waals surface area contributed by atoms with Crippen LogP contribution >= 0.6 is 0 Å². The van der Waals surface area contributed by atoms with Gasteiger partial charge in [0.25, 0.3) is 0 Å². The topological polar surface area (TPSA) is 15.3 Å². The maximum absolute atomic E-state index is 3.44. The molecule has 0 saturated carbocycles. The minimum Gasteiger partial charge on any atom is -0.317 e. The van der Waals surface area contributed by atoms with Crippen LogP contribution in [0, 0.1) is 5.92 Å². The predicted molar refractivity (Wildman–Crippen MR) is 65.0 cm³/mol. The number of likely N-dealkylation sites (tertiary alicyclic amines) is 1. The number of nitrogens with zero attached hydrogens (tertiary/aromatic N) is 1. The number of hydrogen-bond donors (Lipinski definition) is 1. The Hall–Kier alpha value is -0.340. The molecule has 1 N–H and O–H groups in total. The predicted octanol–water partition coefficient (Wildman–Crippen LogP) is 2.02. The monoisotopic (exact) mass is 208 g/mol. The van der Waals surface area contributed by atoms with Gasteiger partial charge in [-0.05, 0) is 45.2 Å². The lowest BCUT2D eigenvalue weighted by atomic mass is 9.90. The highest BCUT2D eigenvalue weighted by molar-refractivity contribution is 4.95. The summed E-state index contributed by atoms with van der Waals surface area (Å²) in [6, 6.07) is 1.57. The molecular weight excluding hydrogens is 184 g/mol. The van der Waals surface area contributed by atoms with Gasteiger partial charge in [-0.1, -0.05) is 19.1 Å². The van der Waals surface area contributed by atoms with E-state index < -0.39 is 0 Å². The first kappa shape index (κ1) is 11.2. The Labute approximate surface area is 93.7 Å². The second-order valence-electron chi connectivity index (χ2n) is 5.09. The quantitative estimate of drug-likeness (QED) is 0.699. The molecule has 0 aromatic rings. The van der Waals surface area contributed by atoms with Crippen molar-refractivity contribution in [2.45, 2.75) is 44.7 Å². The standard InChI is InChI=1S/C13H24N2/c1-11-10-15(9-8-13(11)14-2)12-6-4-3-5-7-12/h3-4,11-14H,5-10H2,1-2H3. The van der Waals surface area contributed by atoms with Gasteiger partial charge in [0.2, 0.25) is 0 Å². The molecule has 1 saturated heterocycles. The Morgan fingerprint density at radius 1 is 1.27 bits per heavy atom. The lowest BCUT2D eigenvalue weighted by Gasteiger charge is -2.41. The van der Waals surface area contributed by atoms with Crippen LogP contribution in [0.15, 0.2) is 12.2 Å². The Balaban J connectivity index is 1.87. The van der Waals surface area contributed by atoms with Crippen LogP contribution in [0.1, 0.15) is 32.6 Å². The number of hydrogen-bond acceptors (Lipinski definition) is 2. The van der Waals surface area contributed by atoms with Gasteiger partial charge < -0.3 is 5.32 Å². The van der Waals surface area contributed by atoms with Crippen LogP contribution in [0.3, 0.4) is 0 Å². The zero-order chi connectivity index (χ0) is 10.7. The third-order valence-electron chi connectivity index (χ3n) is 4.07. The first-order valence-corrected chi connectivity index (χ1v) is 6.37. The van der Waals surface area contributed by atoms with Gasteiger partial charge >= 0.3 is 0 Å². The van der Waals surface area contributed by atoms with Crippen molar-refractivity contribution in [3.8, 4) is 0 Å². The van der Waals surface area contributed by atoms with Crippen LogP contribution in [0.25, 0.3) is 0 Å². The zero-order valence-corrected chi connectivity index (χ0v) is 10.1. The summed E-state index contributed by atoms with van der Waals surface area (Å²) in [5, 5.41) is 3.44. The van der Waals surface area contributed by atoms with Gasteiger partial charge in [-0.2, -0.15) is 0 Å². The molecule has 3 atom stereocenters. The molecule has 2 heteroatoms. The van der Waals surface area contributed by atoms with Crippen molar-refractivity contribution in [2.24, 2.45) is 5.92 Å². The fraction of sp³-hybridized carbons (Fsp3) is 0.846. The van der Waals surface area contributed by atoms with Crippen LogP contribution in [0.4, 0.5) is 0 Å². The van der Waals surface area contributed by atoms with Gasteiger partial charge in [0.05, 0.1) is 0 Å². The first-order chi connectivity index (χ1) is 7.31. The molecule has 1 aliphatic carbocycles. The molecular formula is C13H24N2. The van der Waals surface area contributed by atoms with Crippen molar-refractivity contribution in [1.82, 2.24) is 10.2 Å². The molecule has 0 aromatic heterocycles. The van der Waals surface area contributed by atoms with Crippen molar-refractivity contribution in [3.05, 3.63) is 12.2 Å². The van der Waals surface area contributed by atoms with Gasteiger partial charge in [-0.15, -0.1) is 0 Å².